The van der Waals surface area contributed by atoms with E-state index in [9.17, 15) is 9.90 Å². The van der Waals surface area contributed by atoms with Crippen molar-refractivity contribution in [1.29, 1.82) is 0 Å². The number of amides is 1. The topological polar surface area (TPSA) is 62.7 Å². The van der Waals surface area contributed by atoms with Gasteiger partial charge in [0.1, 0.15) is 6.61 Å². The molecule has 2 saturated heterocycles. The molecule has 7 rings (SSSR count). The second kappa shape index (κ2) is 8.17. The second-order valence-corrected chi connectivity index (χ2v) is 10.4. The molecule has 2 unspecified atom stereocenters. The molecule has 1 N–H and O–H groups in total. The zero-order valence-corrected chi connectivity index (χ0v) is 20.0. The second-order valence-electron chi connectivity index (χ2n) is 10.4. The summed E-state index contributed by atoms with van der Waals surface area (Å²) in [7, 11) is 0. The highest BCUT2D eigenvalue weighted by Crippen LogP contribution is 2.48. The van der Waals surface area contributed by atoms with Gasteiger partial charge in [0.2, 0.25) is 0 Å². The average Bonchev–Trinajstić information content (AvgIpc) is 3.39. The molecular weight excluding hydrogens is 448 g/mol. The minimum Gasteiger partial charge on any atom is -0.448 e. The standard InChI is InChI=1S/C31H28N2O3/c34-30(36-19-27-25-11-3-1-9-23(25)24-10-2-4-12-26(24)27)33-21-14-15-22(33)18-31(35,17-21)28-13-5-7-20-8-6-16-32-29(20)28/h1-13,16,21-22,27,35H,14-15,17-19H2. The average molecular weight is 477 g/mol. The van der Waals surface area contributed by atoms with Gasteiger partial charge < -0.3 is 14.7 Å². The number of aromatic nitrogens is 1. The number of para-hydroxylation sites is 1. The summed E-state index contributed by atoms with van der Waals surface area (Å²) in [5.74, 6) is 0.0440. The molecule has 1 aliphatic carbocycles. The van der Waals surface area contributed by atoms with E-state index in [4.69, 9.17) is 4.74 Å². The molecule has 0 spiro atoms. The van der Waals surface area contributed by atoms with Gasteiger partial charge in [-0.15, -0.1) is 0 Å². The third kappa shape index (κ3) is 3.26. The minimum absolute atomic E-state index is 0.0385. The lowest BCUT2D eigenvalue weighted by Crippen LogP contribution is -2.52. The van der Waals surface area contributed by atoms with Crippen molar-refractivity contribution >= 4 is 17.0 Å². The lowest BCUT2D eigenvalue weighted by molar-refractivity contribution is -0.0522. The van der Waals surface area contributed by atoms with E-state index < -0.39 is 5.60 Å². The summed E-state index contributed by atoms with van der Waals surface area (Å²) in [6.45, 7) is 0.320. The van der Waals surface area contributed by atoms with Crippen LogP contribution in [-0.4, -0.2) is 39.8 Å². The predicted molar refractivity (Wildman–Crippen MR) is 139 cm³/mol. The van der Waals surface area contributed by atoms with E-state index in [0.717, 1.165) is 29.3 Å². The van der Waals surface area contributed by atoms with Crippen LogP contribution in [0, 0.1) is 0 Å². The molecule has 3 aromatic carbocycles. The third-order valence-electron chi connectivity index (χ3n) is 8.45. The summed E-state index contributed by atoms with van der Waals surface area (Å²) in [6, 6.07) is 26.6. The highest BCUT2D eigenvalue weighted by Gasteiger charge is 2.51. The first-order valence-corrected chi connectivity index (χ1v) is 12.8. The Morgan fingerprint density at radius 3 is 2.22 bits per heavy atom. The molecule has 2 atom stereocenters. The highest BCUT2D eigenvalue weighted by molar-refractivity contribution is 5.83. The van der Waals surface area contributed by atoms with Gasteiger partial charge in [0.15, 0.2) is 0 Å². The van der Waals surface area contributed by atoms with Gasteiger partial charge in [-0.2, -0.15) is 0 Å². The monoisotopic (exact) mass is 476 g/mol. The van der Waals surface area contributed by atoms with Crippen LogP contribution in [0.3, 0.4) is 0 Å². The van der Waals surface area contributed by atoms with Crippen LogP contribution >= 0.6 is 0 Å². The van der Waals surface area contributed by atoms with Crippen LogP contribution < -0.4 is 0 Å². The van der Waals surface area contributed by atoms with Gasteiger partial charge in [-0.05, 0) is 41.2 Å². The van der Waals surface area contributed by atoms with Crippen molar-refractivity contribution in [3.05, 3.63) is 102 Å². The van der Waals surface area contributed by atoms with Crippen molar-refractivity contribution in [2.24, 2.45) is 0 Å². The Morgan fingerprint density at radius 2 is 1.53 bits per heavy atom. The Labute approximate surface area is 210 Å². The fourth-order valence-corrected chi connectivity index (χ4v) is 6.89. The van der Waals surface area contributed by atoms with E-state index in [-0.39, 0.29) is 24.1 Å². The van der Waals surface area contributed by atoms with E-state index in [0.29, 0.717) is 19.4 Å². The van der Waals surface area contributed by atoms with Gasteiger partial charge in [0.25, 0.3) is 0 Å². The van der Waals surface area contributed by atoms with Crippen molar-refractivity contribution in [3.63, 3.8) is 0 Å². The van der Waals surface area contributed by atoms with Gasteiger partial charge in [-0.3, -0.25) is 4.98 Å². The van der Waals surface area contributed by atoms with E-state index >= 15 is 0 Å². The van der Waals surface area contributed by atoms with Crippen molar-refractivity contribution < 1.29 is 14.6 Å². The fourth-order valence-electron chi connectivity index (χ4n) is 6.89. The van der Waals surface area contributed by atoms with E-state index in [1.165, 1.54) is 22.3 Å². The number of benzene rings is 3. The normalized spacial score (nSPS) is 24.5. The summed E-state index contributed by atoms with van der Waals surface area (Å²) in [5.41, 5.74) is 5.58. The summed E-state index contributed by atoms with van der Waals surface area (Å²) in [5, 5.41) is 12.8. The molecule has 36 heavy (non-hydrogen) atoms. The van der Waals surface area contributed by atoms with Crippen LogP contribution in [0.1, 0.15) is 48.3 Å². The van der Waals surface area contributed by atoms with Crippen LogP contribution in [0.2, 0.25) is 0 Å². The lowest BCUT2D eigenvalue weighted by atomic mass is 9.79. The van der Waals surface area contributed by atoms with Crippen molar-refractivity contribution in [2.45, 2.75) is 49.3 Å². The highest BCUT2D eigenvalue weighted by atomic mass is 16.6. The molecule has 2 bridgehead atoms. The lowest BCUT2D eigenvalue weighted by Gasteiger charge is -2.43. The molecule has 4 aromatic rings. The summed E-state index contributed by atoms with van der Waals surface area (Å²) < 4.78 is 6.00. The number of rotatable bonds is 3. The molecule has 1 amide bonds. The number of piperidine rings is 1. The zero-order valence-electron chi connectivity index (χ0n) is 20.0. The summed E-state index contributed by atoms with van der Waals surface area (Å²) in [4.78, 5) is 19.9. The van der Waals surface area contributed by atoms with Crippen molar-refractivity contribution in [1.82, 2.24) is 9.88 Å². The smallest absolute Gasteiger partial charge is 0.410 e. The Bertz CT molecular complexity index is 1420. The number of aliphatic hydroxyl groups is 1. The summed E-state index contributed by atoms with van der Waals surface area (Å²) in [6.07, 6.45) is 4.29. The maximum atomic E-state index is 13.4. The van der Waals surface area contributed by atoms with Gasteiger partial charge in [0.05, 0.1) is 11.1 Å². The van der Waals surface area contributed by atoms with Crippen LogP contribution in [0.25, 0.3) is 22.0 Å². The largest absolute Gasteiger partial charge is 0.448 e. The van der Waals surface area contributed by atoms with E-state index in [1.54, 1.807) is 6.20 Å². The van der Waals surface area contributed by atoms with Crippen LogP contribution in [-0.2, 0) is 10.3 Å². The molecule has 0 saturated carbocycles. The number of hydrogen-bond donors (Lipinski definition) is 1. The molecule has 3 aliphatic rings. The SMILES string of the molecule is O=C(OCC1c2ccccc2-c2ccccc21)N1C2CCC1CC(O)(c1cccc3cccnc13)C2. The van der Waals surface area contributed by atoms with Crippen molar-refractivity contribution in [3.8, 4) is 11.1 Å². The first kappa shape index (κ1) is 21.6. The molecule has 5 nitrogen and oxygen atoms in total. The van der Waals surface area contributed by atoms with Gasteiger partial charge in [0, 0.05) is 48.0 Å². The summed E-state index contributed by atoms with van der Waals surface area (Å²) >= 11 is 0. The predicted octanol–water partition coefficient (Wildman–Crippen LogP) is 6.00. The Hall–Kier alpha value is -3.70. The van der Waals surface area contributed by atoms with E-state index in [1.807, 2.05) is 47.4 Å². The first-order valence-electron chi connectivity index (χ1n) is 12.8. The van der Waals surface area contributed by atoms with Crippen LogP contribution in [0.4, 0.5) is 4.79 Å². The van der Waals surface area contributed by atoms with Gasteiger partial charge in [-0.1, -0.05) is 72.8 Å². The van der Waals surface area contributed by atoms with Gasteiger partial charge >= 0.3 is 6.09 Å². The molecule has 3 heterocycles. The molecular formula is C31H28N2O3. The minimum atomic E-state index is -1.00. The van der Waals surface area contributed by atoms with Crippen LogP contribution in [0.5, 0.6) is 0 Å². The number of hydrogen-bond acceptors (Lipinski definition) is 4. The van der Waals surface area contributed by atoms with Gasteiger partial charge in [-0.25, -0.2) is 4.79 Å². The van der Waals surface area contributed by atoms with Crippen molar-refractivity contribution in [2.75, 3.05) is 6.61 Å². The molecule has 0 radical (unpaired) electrons. The number of carbonyl (C=O) groups excluding carboxylic acids is 1. The number of fused-ring (bicyclic) bond motifs is 6. The van der Waals surface area contributed by atoms with Crippen LogP contribution in [0.15, 0.2) is 85.1 Å². The Morgan fingerprint density at radius 1 is 0.889 bits per heavy atom. The number of nitrogens with zero attached hydrogens (tertiary/aromatic N) is 2. The molecule has 2 aliphatic heterocycles. The maximum Gasteiger partial charge on any atom is 0.410 e. The zero-order chi connectivity index (χ0) is 24.3. The molecule has 1 aromatic heterocycles. The maximum absolute atomic E-state index is 13.4. The number of carbonyl (C=O) groups is 1. The molecule has 2 fully saturated rings. The first-order chi connectivity index (χ1) is 17.6. The number of pyridine rings is 1. The molecule has 180 valence electrons. The Kier molecular flexibility index (Phi) is 4.90. The fraction of sp³-hybridized carbons (Fsp3) is 0.290. The Balaban J connectivity index is 1.11. The quantitative estimate of drug-likeness (QED) is 0.394. The van der Waals surface area contributed by atoms with E-state index in [2.05, 4.69) is 41.4 Å². The third-order valence-corrected chi connectivity index (χ3v) is 8.45. The number of ether oxygens (including phenoxy) is 1. The molecule has 5 heteroatoms.